The van der Waals surface area contributed by atoms with Gasteiger partial charge in [0.15, 0.2) is 0 Å². The van der Waals surface area contributed by atoms with Crippen LogP contribution < -0.4 is 16.0 Å². The fourth-order valence-electron chi connectivity index (χ4n) is 2.09. The van der Waals surface area contributed by atoms with Gasteiger partial charge >= 0.3 is 12.0 Å². The highest BCUT2D eigenvalue weighted by atomic mass is 16.4. The molecule has 0 spiro atoms. The molecule has 20 heavy (non-hydrogen) atoms. The fraction of sp³-hybridized carbons (Fsp3) is 0.769. The molecule has 0 saturated heterocycles. The van der Waals surface area contributed by atoms with Crippen molar-refractivity contribution in [1.29, 1.82) is 0 Å². The van der Waals surface area contributed by atoms with Gasteiger partial charge in [0.1, 0.15) is 0 Å². The third-order valence-electron chi connectivity index (χ3n) is 3.56. The molecule has 0 radical (unpaired) electrons. The minimum absolute atomic E-state index is 0.0451. The number of amides is 3. The van der Waals surface area contributed by atoms with E-state index in [1.807, 2.05) is 0 Å². The second-order valence-corrected chi connectivity index (χ2v) is 5.51. The van der Waals surface area contributed by atoms with Gasteiger partial charge < -0.3 is 21.1 Å². The standard InChI is InChI=1S/C13H21N3O4/c17-11(18)7-10(8-1-2-8)16-13(20)15-6-5-14-12(19)9-3-4-9/h8-10H,1-7H2,(H,14,19)(H,17,18)(H2,15,16,20). The zero-order valence-corrected chi connectivity index (χ0v) is 11.4. The third-order valence-corrected chi connectivity index (χ3v) is 3.56. The topological polar surface area (TPSA) is 108 Å². The van der Waals surface area contributed by atoms with Crippen molar-refractivity contribution in [3.05, 3.63) is 0 Å². The van der Waals surface area contributed by atoms with Crippen LogP contribution in [0.15, 0.2) is 0 Å². The lowest BCUT2D eigenvalue weighted by molar-refractivity contribution is -0.137. The van der Waals surface area contributed by atoms with E-state index in [1.165, 1.54) is 0 Å². The van der Waals surface area contributed by atoms with Crippen molar-refractivity contribution in [2.75, 3.05) is 13.1 Å². The Balaban J connectivity index is 1.58. The Bertz CT molecular complexity index is 391. The number of carbonyl (C=O) groups is 3. The molecule has 0 bridgehead atoms. The number of carboxylic acids is 1. The molecule has 112 valence electrons. The largest absolute Gasteiger partial charge is 0.481 e. The third kappa shape index (κ3) is 5.07. The van der Waals surface area contributed by atoms with Gasteiger partial charge in [0.2, 0.25) is 5.91 Å². The van der Waals surface area contributed by atoms with Crippen molar-refractivity contribution in [2.45, 2.75) is 38.1 Å². The Kier molecular flexibility index (Phi) is 4.81. The summed E-state index contributed by atoms with van der Waals surface area (Å²) in [7, 11) is 0. The molecule has 2 aliphatic rings. The Morgan fingerprint density at radius 3 is 2.25 bits per heavy atom. The summed E-state index contributed by atoms with van der Waals surface area (Å²) >= 11 is 0. The Morgan fingerprint density at radius 2 is 1.70 bits per heavy atom. The van der Waals surface area contributed by atoms with Crippen LogP contribution in [0.1, 0.15) is 32.1 Å². The monoisotopic (exact) mass is 283 g/mol. The van der Waals surface area contributed by atoms with Crippen molar-refractivity contribution >= 4 is 17.9 Å². The fourth-order valence-corrected chi connectivity index (χ4v) is 2.09. The number of nitrogens with one attached hydrogen (secondary N) is 3. The van der Waals surface area contributed by atoms with Gasteiger partial charge in [-0.15, -0.1) is 0 Å². The van der Waals surface area contributed by atoms with Gasteiger partial charge in [0, 0.05) is 25.0 Å². The van der Waals surface area contributed by atoms with Gasteiger partial charge in [0.05, 0.1) is 6.42 Å². The molecule has 0 aliphatic heterocycles. The lowest BCUT2D eigenvalue weighted by Gasteiger charge is -2.16. The molecule has 2 fully saturated rings. The second kappa shape index (κ2) is 6.58. The van der Waals surface area contributed by atoms with Crippen LogP contribution in [-0.4, -0.2) is 42.1 Å². The molecule has 0 aromatic carbocycles. The predicted molar refractivity (Wildman–Crippen MR) is 71.0 cm³/mol. The molecule has 0 aromatic rings. The molecule has 0 aromatic heterocycles. The summed E-state index contributed by atoms with van der Waals surface area (Å²) in [6.45, 7) is 0.741. The van der Waals surface area contributed by atoms with E-state index >= 15 is 0 Å². The molecular weight excluding hydrogens is 262 g/mol. The normalized spacial score (nSPS) is 19.0. The Hall–Kier alpha value is -1.79. The maximum Gasteiger partial charge on any atom is 0.315 e. The highest BCUT2D eigenvalue weighted by Gasteiger charge is 2.33. The van der Waals surface area contributed by atoms with Gasteiger partial charge in [0.25, 0.3) is 0 Å². The van der Waals surface area contributed by atoms with E-state index in [0.29, 0.717) is 13.1 Å². The van der Waals surface area contributed by atoms with Crippen molar-refractivity contribution < 1.29 is 19.5 Å². The van der Waals surface area contributed by atoms with Crippen LogP contribution >= 0.6 is 0 Å². The van der Waals surface area contributed by atoms with Crippen LogP contribution in [0.25, 0.3) is 0 Å². The summed E-state index contributed by atoms with van der Waals surface area (Å²) in [5, 5.41) is 16.8. The number of carboxylic acid groups (broad SMARTS) is 1. The van der Waals surface area contributed by atoms with E-state index in [1.54, 1.807) is 0 Å². The highest BCUT2D eigenvalue weighted by molar-refractivity contribution is 5.81. The summed E-state index contributed by atoms with van der Waals surface area (Å²) in [5.41, 5.74) is 0. The summed E-state index contributed by atoms with van der Waals surface area (Å²) < 4.78 is 0. The number of hydrogen-bond donors (Lipinski definition) is 4. The average Bonchev–Trinajstić information content (AvgIpc) is 3.26. The second-order valence-electron chi connectivity index (χ2n) is 5.51. The molecule has 2 rings (SSSR count). The zero-order chi connectivity index (χ0) is 14.5. The van der Waals surface area contributed by atoms with Crippen molar-refractivity contribution in [1.82, 2.24) is 16.0 Å². The number of urea groups is 1. The minimum Gasteiger partial charge on any atom is -0.481 e. The summed E-state index contributed by atoms with van der Waals surface area (Å²) in [4.78, 5) is 33.7. The molecule has 1 unspecified atom stereocenters. The summed E-state index contributed by atoms with van der Waals surface area (Å²) in [6.07, 6.45) is 3.80. The van der Waals surface area contributed by atoms with Crippen molar-refractivity contribution in [3.8, 4) is 0 Å². The molecule has 7 nitrogen and oxygen atoms in total. The Labute approximate surface area is 117 Å². The Morgan fingerprint density at radius 1 is 1.05 bits per heavy atom. The van der Waals surface area contributed by atoms with Crippen molar-refractivity contribution in [3.63, 3.8) is 0 Å². The van der Waals surface area contributed by atoms with Gasteiger partial charge in [-0.2, -0.15) is 0 Å². The van der Waals surface area contributed by atoms with Gasteiger partial charge in [-0.3, -0.25) is 9.59 Å². The van der Waals surface area contributed by atoms with Crippen LogP contribution in [-0.2, 0) is 9.59 Å². The average molecular weight is 283 g/mol. The van der Waals surface area contributed by atoms with Crippen molar-refractivity contribution in [2.24, 2.45) is 11.8 Å². The zero-order valence-electron chi connectivity index (χ0n) is 11.4. The molecule has 0 heterocycles. The van der Waals surface area contributed by atoms with Gasteiger partial charge in [-0.1, -0.05) is 0 Å². The molecule has 1 atom stereocenters. The van der Waals surface area contributed by atoms with Crippen LogP contribution in [0, 0.1) is 11.8 Å². The van der Waals surface area contributed by atoms with Gasteiger partial charge in [-0.05, 0) is 31.6 Å². The van der Waals surface area contributed by atoms with E-state index in [0.717, 1.165) is 25.7 Å². The predicted octanol–water partition coefficient (Wildman–Crippen LogP) is 0.0651. The minimum atomic E-state index is -0.904. The van der Waals surface area contributed by atoms with Crippen LogP contribution in [0.4, 0.5) is 4.79 Å². The smallest absolute Gasteiger partial charge is 0.315 e. The van der Waals surface area contributed by atoms with Crippen LogP contribution in [0.2, 0.25) is 0 Å². The SMILES string of the molecule is O=C(O)CC(NC(=O)NCCNC(=O)C1CC1)C1CC1. The molecule has 3 amide bonds. The first-order valence-electron chi connectivity index (χ1n) is 7.10. The first kappa shape index (κ1) is 14.6. The molecular formula is C13H21N3O4. The van der Waals surface area contributed by atoms with E-state index in [-0.39, 0.29) is 36.2 Å². The summed E-state index contributed by atoms with van der Waals surface area (Å²) in [5.74, 6) is -0.405. The van der Waals surface area contributed by atoms with E-state index in [2.05, 4.69) is 16.0 Å². The number of rotatable bonds is 8. The van der Waals surface area contributed by atoms with E-state index in [9.17, 15) is 14.4 Å². The van der Waals surface area contributed by atoms with Crippen LogP contribution in [0.5, 0.6) is 0 Å². The molecule has 7 heteroatoms. The molecule has 2 saturated carbocycles. The molecule has 2 aliphatic carbocycles. The number of aliphatic carboxylic acids is 1. The number of carbonyl (C=O) groups excluding carboxylic acids is 2. The highest BCUT2D eigenvalue weighted by Crippen LogP contribution is 2.33. The lowest BCUT2D eigenvalue weighted by atomic mass is 10.1. The molecule has 4 N–H and O–H groups in total. The number of hydrogen-bond acceptors (Lipinski definition) is 3. The lowest BCUT2D eigenvalue weighted by Crippen LogP contribution is -2.46. The van der Waals surface area contributed by atoms with E-state index in [4.69, 9.17) is 5.11 Å². The maximum atomic E-state index is 11.6. The first-order valence-corrected chi connectivity index (χ1v) is 7.10. The first-order chi connectivity index (χ1) is 9.56. The summed E-state index contributed by atoms with van der Waals surface area (Å²) in [6, 6.07) is -0.669. The van der Waals surface area contributed by atoms with Crippen LogP contribution in [0.3, 0.4) is 0 Å². The quantitative estimate of drug-likeness (QED) is 0.473. The van der Waals surface area contributed by atoms with Gasteiger partial charge in [-0.25, -0.2) is 4.79 Å². The maximum absolute atomic E-state index is 11.6. The van der Waals surface area contributed by atoms with E-state index < -0.39 is 5.97 Å².